The van der Waals surface area contributed by atoms with E-state index < -0.39 is 5.97 Å². The van der Waals surface area contributed by atoms with Crippen molar-refractivity contribution in [3.63, 3.8) is 0 Å². The van der Waals surface area contributed by atoms with Gasteiger partial charge in [0.1, 0.15) is 11.4 Å². The van der Waals surface area contributed by atoms with Crippen LogP contribution in [0.2, 0.25) is 10.0 Å². The number of hydrogen-bond donors (Lipinski definition) is 3. The maximum Gasteiger partial charge on any atom is 0.339 e. The first-order chi connectivity index (χ1) is 12.6. The minimum absolute atomic E-state index is 0. The molecule has 2 atom stereocenters. The Balaban J connectivity index is 0.00000261. The van der Waals surface area contributed by atoms with Gasteiger partial charge in [-0.2, -0.15) is 0 Å². The zero-order valence-electron chi connectivity index (χ0n) is 14.3. The lowest BCUT2D eigenvalue weighted by atomic mass is 9.95. The number of rotatable bonds is 5. The Morgan fingerprint density at radius 3 is 2.89 bits per heavy atom. The molecule has 0 unspecified atom stereocenters. The van der Waals surface area contributed by atoms with Crippen molar-refractivity contribution in [2.75, 3.05) is 31.6 Å². The molecule has 3 rings (SSSR count). The highest BCUT2D eigenvalue weighted by molar-refractivity contribution is 6.42. The van der Waals surface area contributed by atoms with Gasteiger partial charge in [-0.25, -0.2) is 9.78 Å². The molecule has 0 radical (unpaired) electrons. The van der Waals surface area contributed by atoms with Gasteiger partial charge in [0.05, 0.1) is 22.8 Å². The van der Waals surface area contributed by atoms with Crippen LogP contribution in [0.4, 0.5) is 5.82 Å². The zero-order chi connectivity index (χ0) is 18.5. The van der Waals surface area contributed by atoms with Crippen LogP contribution < -0.4 is 10.6 Å². The maximum absolute atomic E-state index is 11.3. The van der Waals surface area contributed by atoms with Crippen LogP contribution >= 0.6 is 35.6 Å². The molecule has 1 aromatic heterocycles. The third-order valence-electron chi connectivity index (χ3n) is 4.25. The highest BCUT2D eigenvalue weighted by Gasteiger charge is 2.27. The lowest BCUT2D eigenvalue weighted by Crippen LogP contribution is -2.30. The quantitative estimate of drug-likeness (QED) is 0.665. The maximum atomic E-state index is 11.3. The summed E-state index contributed by atoms with van der Waals surface area (Å²) < 4.78 is 6.02. The summed E-state index contributed by atoms with van der Waals surface area (Å²) in [6, 6.07) is 8.60. The van der Waals surface area contributed by atoms with Crippen molar-refractivity contribution >= 4 is 47.4 Å². The molecule has 1 fully saturated rings. The summed E-state index contributed by atoms with van der Waals surface area (Å²) in [5.41, 5.74) is 1.08. The molecule has 1 aromatic carbocycles. The van der Waals surface area contributed by atoms with E-state index in [0.717, 1.165) is 12.1 Å². The molecule has 0 saturated carbocycles. The van der Waals surface area contributed by atoms with Gasteiger partial charge >= 0.3 is 5.97 Å². The number of carboxylic acids is 1. The number of carbonyl (C=O) groups is 1. The van der Waals surface area contributed by atoms with E-state index in [2.05, 4.69) is 15.6 Å². The average molecular weight is 433 g/mol. The number of hydrogen-bond acceptors (Lipinski definition) is 5. The van der Waals surface area contributed by atoms with Crippen LogP contribution in [0.1, 0.15) is 22.0 Å². The van der Waals surface area contributed by atoms with Crippen LogP contribution in [0.15, 0.2) is 36.5 Å². The highest BCUT2D eigenvalue weighted by Crippen LogP contribution is 2.32. The van der Waals surface area contributed by atoms with E-state index >= 15 is 0 Å². The van der Waals surface area contributed by atoms with Crippen LogP contribution in [0, 0.1) is 5.92 Å². The molecule has 0 amide bonds. The topological polar surface area (TPSA) is 83.5 Å². The number of nitrogens with one attached hydrogen (secondary N) is 2. The first-order valence-corrected chi connectivity index (χ1v) is 9.01. The standard InChI is InChI=1S/C18H19Cl2N3O3.ClH/c19-14-4-3-11(8-15(14)20)16-12(9-21-6-7-26-16)10-23-17-13(18(24)25)2-1-5-22-17;/h1-5,8,12,16,21H,6-7,9-10H2,(H,22,23)(H,24,25);1H/t12-,16-;/m0./s1. The van der Waals surface area contributed by atoms with E-state index in [1.54, 1.807) is 18.3 Å². The summed E-state index contributed by atoms with van der Waals surface area (Å²) in [6.07, 6.45) is 1.37. The summed E-state index contributed by atoms with van der Waals surface area (Å²) in [6.45, 7) is 2.53. The predicted octanol–water partition coefficient (Wildman–Crippen LogP) is 3.90. The summed E-state index contributed by atoms with van der Waals surface area (Å²) >= 11 is 12.2. The van der Waals surface area contributed by atoms with E-state index in [0.29, 0.717) is 35.6 Å². The van der Waals surface area contributed by atoms with Crippen LogP contribution in [-0.2, 0) is 4.74 Å². The molecule has 0 spiro atoms. The Kier molecular flexibility index (Phi) is 8.13. The largest absolute Gasteiger partial charge is 0.478 e. The Bertz CT molecular complexity index is 791. The molecule has 1 saturated heterocycles. The number of anilines is 1. The van der Waals surface area contributed by atoms with Crippen molar-refractivity contribution in [2.24, 2.45) is 5.92 Å². The second-order valence-corrected chi connectivity index (χ2v) is 6.83. The fourth-order valence-electron chi connectivity index (χ4n) is 2.97. The lowest BCUT2D eigenvalue weighted by Gasteiger charge is -2.26. The molecule has 3 N–H and O–H groups in total. The smallest absolute Gasteiger partial charge is 0.339 e. The van der Waals surface area contributed by atoms with Crippen molar-refractivity contribution in [3.05, 3.63) is 57.7 Å². The molecule has 0 aliphatic carbocycles. The number of aromatic nitrogens is 1. The van der Waals surface area contributed by atoms with Crippen LogP contribution in [0.25, 0.3) is 0 Å². The van der Waals surface area contributed by atoms with Gasteiger partial charge in [0.25, 0.3) is 0 Å². The minimum atomic E-state index is -1.02. The van der Waals surface area contributed by atoms with Gasteiger partial charge in [0, 0.05) is 31.7 Å². The second-order valence-electron chi connectivity index (χ2n) is 6.01. The van der Waals surface area contributed by atoms with Crippen LogP contribution in [0.3, 0.4) is 0 Å². The summed E-state index contributed by atoms with van der Waals surface area (Å²) in [4.78, 5) is 15.5. The van der Waals surface area contributed by atoms with Crippen LogP contribution in [0.5, 0.6) is 0 Å². The van der Waals surface area contributed by atoms with Gasteiger partial charge < -0.3 is 20.5 Å². The molecular formula is C18H20Cl3N3O3. The Labute approximate surface area is 173 Å². The van der Waals surface area contributed by atoms with E-state index in [1.807, 2.05) is 12.1 Å². The van der Waals surface area contributed by atoms with Gasteiger partial charge in [-0.3, -0.25) is 0 Å². The Morgan fingerprint density at radius 2 is 2.15 bits per heavy atom. The zero-order valence-corrected chi connectivity index (χ0v) is 16.7. The molecule has 2 heterocycles. The number of benzene rings is 1. The van der Waals surface area contributed by atoms with Gasteiger partial charge in [0.15, 0.2) is 0 Å². The predicted molar refractivity (Wildman–Crippen MR) is 108 cm³/mol. The van der Waals surface area contributed by atoms with Crippen molar-refractivity contribution in [1.82, 2.24) is 10.3 Å². The second kappa shape index (κ2) is 10.1. The molecule has 9 heteroatoms. The van der Waals surface area contributed by atoms with E-state index in [-0.39, 0.29) is 30.0 Å². The van der Waals surface area contributed by atoms with Gasteiger partial charge in [-0.05, 0) is 29.8 Å². The fourth-order valence-corrected chi connectivity index (χ4v) is 3.28. The van der Waals surface area contributed by atoms with Crippen molar-refractivity contribution < 1.29 is 14.6 Å². The van der Waals surface area contributed by atoms with Crippen LogP contribution in [-0.4, -0.2) is 42.3 Å². The van der Waals surface area contributed by atoms with Crippen molar-refractivity contribution in [2.45, 2.75) is 6.10 Å². The van der Waals surface area contributed by atoms with Gasteiger partial charge in [-0.15, -0.1) is 12.4 Å². The summed E-state index contributed by atoms with van der Waals surface area (Å²) in [7, 11) is 0. The SMILES string of the molecule is Cl.O=C(O)c1cccnc1NC[C@@H]1CNCCO[C@H]1c1ccc(Cl)c(Cl)c1. The first kappa shape index (κ1) is 21.7. The number of halogens is 3. The van der Waals surface area contributed by atoms with E-state index in [1.165, 1.54) is 6.07 Å². The molecule has 2 aromatic rings. The highest BCUT2D eigenvalue weighted by atomic mass is 35.5. The van der Waals surface area contributed by atoms with Gasteiger partial charge in [0.2, 0.25) is 0 Å². The summed E-state index contributed by atoms with van der Waals surface area (Å²) in [5.74, 6) is -0.618. The number of carboxylic acid groups (broad SMARTS) is 1. The normalized spacial score (nSPS) is 19.6. The lowest BCUT2D eigenvalue weighted by molar-refractivity contribution is 0.0344. The number of aromatic carboxylic acids is 1. The third kappa shape index (κ3) is 5.46. The molecule has 146 valence electrons. The van der Waals surface area contributed by atoms with Gasteiger partial charge in [-0.1, -0.05) is 29.3 Å². The monoisotopic (exact) mass is 431 g/mol. The Hall–Kier alpha value is -1.57. The summed E-state index contributed by atoms with van der Waals surface area (Å²) in [5, 5.41) is 16.8. The van der Waals surface area contributed by atoms with E-state index in [9.17, 15) is 9.90 Å². The molecule has 1 aliphatic heterocycles. The minimum Gasteiger partial charge on any atom is -0.478 e. The van der Waals surface area contributed by atoms with Crippen molar-refractivity contribution in [1.29, 1.82) is 0 Å². The number of pyridine rings is 1. The Morgan fingerprint density at radius 1 is 1.33 bits per heavy atom. The average Bonchev–Trinajstić information content (AvgIpc) is 2.88. The number of ether oxygens (including phenoxy) is 1. The molecule has 0 bridgehead atoms. The fraction of sp³-hybridized carbons (Fsp3) is 0.333. The van der Waals surface area contributed by atoms with E-state index in [4.69, 9.17) is 27.9 Å². The molecule has 27 heavy (non-hydrogen) atoms. The number of nitrogens with zero attached hydrogens (tertiary/aromatic N) is 1. The molecular weight excluding hydrogens is 413 g/mol. The third-order valence-corrected chi connectivity index (χ3v) is 4.99. The molecule has 6 nitrogen and oxygen atoms in total. The first-order valence-electron chi connectivity index (χ1n) is 8.25. The van der Waals surface area contributed by atoms with Crippen molar-refractivity contribution in [3.8, 4) is 0 Å². The molecule has 1 aliphatic rings.